The van der Waals surface area contributed by atoms with Crippen LogP contribution in [0.3, 0.4) is 0 Å². The zero-order valence-corrected chi connectivity index (χ0v) is 47.9. The number of carboxylic acids is 1. The standard InChI is InChI=1S/C59H66ClFN4O14S2/c1-6-76-57(71)51-46(63-37(4)48(56(70)74-5)50(51)44-19-13-14-20-45(44)60)35-75-28-26-62-58(72)77-29-31-80-81-32-30-78-59(73)79-43(33-42(66)34-47(67)68)25-27-65-53(36(2)3)52(55(69)64-41-17-11-8-12-18-41)49(38-15-9-7-10-16-38)54(65)39-21-23-40(61)24-22-39/h7-24,36,42-43,50,63,66H,6,25-35H2,1-5H3,(H,62,72)(H,64,69)(H,67,68)/t42-,43-,50?/m0/s1. The van der Waals surface area contributed by atoms with Gasteiger partial charge >= 0.3 is 30.2 Å². The second kappa shape index (κ2) is 31.6. The number of methoxy groups -OCH3 is 1. The molecule has 18 nitrogen and oxygen atoms in total. The summed E-state index contributed by atoms with van der Waals surface area (Å²) in [5.41, 5.74) is 5.76. The molecular weight excluding hydrogens is 1110 g/mol. The lowest BCUT2D eigenvalue weighted by atomic mass is 9.80. The van der Waals surface area contributed by atoms with Crippen LogP contribution in [-0.2, 0) is 49.3 Å². The van der Waals surface area contributed by atoms with Crippen molar-refractivity contribution in [2.75, 3.05) is 63.5 Å². The Morgan fingerprint density at radius 3 is 2.11 bits per heavy atom. The highest BCUT2D eigenvalue weighted by Gasteiger charge is 2.40. The largest absolute Gasteiger partial charge is 0.508 e. The van der Waals surface area contributed by atoms with Crippen LogP contribution in [0.4, 0.5) is 19.7 Å². The lowest BCUT2D eigenvalue weighted by molar-refractivity contribution is -0.140. The van der Waals surface area contributed by atoms with Crippen molar-refractivity contribution in [2.24, 2.45) is 0 Å². The fourth-order valence-corrected chi connectivity index (χ4v) is 11.1. The topological polar surface area (TPSA) is 239 Å². The van der Waals surface area contributed by atoms with Crippen LogP contribution in [0.1, 0.15) is 80.4 Å². The molecule has 3 atom stereocenters. The third kappa shape index (κ3) is 17.8. The fourth-order valence-electron chi connectivity index (χ4n) is 9.22. The summed E-state index contributed by atoms with van der Waals surface area (Å²) in [6, 6.07) is 31.1. The summed E-state index contributed by atoms with van der Waals surface area (Å²) in [4.78, 5) is 78.3. The lowest BCUT2D eigenvalue weighted by Crippen LogP contribution is -2.35. The average molecular weight is 1170 g/mol. The normalized spacial score (nSPS) is 13.9. The minimum Gasteiger partial charge on any atom is -0.481 e. The highest BCUT2D eigenvalue weighted by molar-refractivity contribution is 8.76. The molecule has 22 heteroatoms. The van der Waals surface area contributed by atoms with Crippen LogP contribution >= 0.6 is 33.2 Å². The second-order valence-electron chi connectivity index (χ2n) is 18.6. The molecule has 0 bridgehead atoms. The van der Waals surface area contributed by atoms with Gasteiger partial charge in [0, 0.05) is 65.1 Å². The molecule has 2 heterocycles. The van der Waals surface area contributed by atoms with E-state index >= 15 is 0 Å². The van der Waals surface area contributed by atoms with Crippen LogP contribution in [0.2, 0.25) is 5.02 Å². The van der Waals surface area contributed by atoms with Gasteiger partial charge in [0.25, 0.3) is 5.91 Å². The quantitative estimate of drug-likeness (QED) is 0.0129. The van der Waals surface area contributed by atoms with Crippen LogP contribution in [0, 0.1) is 5.82 Å². The molecule has 81 heavy (non-hydrogen) atoms. The van der Waals surface area contributed by atoms with E-state index < -0.39 is 60.5 Å². The van der Waals surface area contributed by atoms with Gasteiger partial charge in [-0.3, -0.25) is 9.59 Å². The molecular formula is C59H66ClFN4O14S2. The second-order valence-corrected chi connectivity index (χ2v) is 21.7. The van der Waals surface area contributed by atoms with E-state index in [0.29, 0.717) is 67.3 Å². The van der Waals surface area contributed by atoms with Crippen LogP contribution in [0.5, 0.6) is 0 Å². The maximum Gasteiger partial charge on any atom is 0.508 e. The minimum atomic E-state index is -1.38. The number of rotatable bonds is 29. The van der Waals surface area contributed by atoms with E-state index in [1.807, 2.05) is 66.9 Å². The van der Waals surface area contributed by atoms with Gasteiger partial charge in [0.1, 0.15) is 25.1 Å². The van der Waals surface area contributed by atoms with Gasteiger partial charge < -0.3 is 59.2 Å². The number of nitrogens with one attached hydrogen (secondary N) is 3. The Hall–Kier alpha value is -7.30. The molecule has 4 aromatic carbocycles. The maximum absolute atomic E-state index is 14.5. The third-order valence-electron chi connectivity index (χ3n) is 12.6. The molecule has 1 unspecified atom stereocenters. The van der Waals surface area contributed by atoms with Crippen molar-refractivity contribution in [3.8, 4) is 22.4 Å². The molecule has 0 saturated carbocycles. The Labute approximate surface area is 482 Å². The fraction of sp³-hybridized carbons (Fsp3) is 0.356. The summed E-state index contributed by atoms with van der Waals surface area (Å²) in [5.74, 6) is -3.83. The number of hydrogen-bond donors (Lipinski definition) is 5. The van der Waals surface area contributed by atoms with Gasteiger partial charge in [-0.1, -0.05) is 114 Å². The summed E-state index contributed by atoms with van der Waals surface area (Å²) < 4.78 is 49.2. The molecule has 432 valence electrons. The number of nitrogens with zero attached hydrogens (tertiary/aromatic N) is 1. The first-order valence-electron chi connectivity index (χ1n) is 26.1. The molecule has 5 aromatic rings. The molecule has 6 rings (SSSR count). The molecule has 1 aliphatic rings. The van der Waals surface area contributed by atoms with Crippen molar-refractivity contribution < 1.29 is 71.8 Å². The van der Waals surface area contributed by atoms with Crippen molar-refractivity contribution in [2.45, 2.75) is 77.5 Å². The maximum atomic E-state index is 14.5. The van der Waals surface area contributed by atoms with E-state index in [0.717, 1.165) is 5.56 Å². The number of anilines is 1. The number of benzene rings is 4. The number of ether oxygens (including phenoxy) is 6. The highest BCUT2D eigenvalue weighted by atomic mass is 35.5. The predicted molar refractivity (Wildman–Crippen MR) is 308 cm³/mol. The lowest BCUT2D eigenvalue weighted by Gasteiger charge is -2.31. The van der Waals surface area contributed by atoms with E-state index in [2.05, 4.69) is 16.0 Å². The Bertz CT molecular complexity index is 3030. The van der Waals surface area contributed by atoms with E-state index in [4.69, 9.17) is 40.0 Å². The molecule has 0 radical (unpaired) electrons. The molecule has 0 spiro atoms. The van der Waals surface area contributed by atoms with E-state index in [1.165, 1.54) is 40.8 Å². The predicted octanol–water partition coefficient (Wildman–Crippen LogP) is 10.9. The number of aromatic nitrogens is 1. The number of carboxylic acid groups (broad SMARTS) is 1. The summed E-state index contributed by atoms with van der Waals surface area (Å²) in [7, 11) is 3.97. The number of hydrogen-bond acceptors (Lipinski definition) is 16. The number of esters is 2. The Morgan fingerprint density at radius 2 is 1.47 bits per heavy atom. The number of carbonyl (C=O) groups excluding carboxylic acids is 5. The SMILES string of the molecule is CCOC(=O)C1=C(COCCNC(=O)OCCSSCCOC(=O)O[C@@H](CCn2c(-c3ccc(F)cc3)c(-c3ccccc3)c(C(=O)Nc3ccccc3)c2C(C)C)C[C@H](O)CC(=O)O)NC(C)=C(C(=O)OC)C1c1ccccc1Cl. The zero-order chi connectivity index (χ0) is 58.4. The first-order chi connectivity index (χ1) is 39.0. The van der Waals surface area contributed by atoms with Crippen molar-refractivity contribution in [3.05, 3.63) is 159 Å². The number of para-hydroxylation sites is 1. The van der Waals surface area contributed by atoms with E-state index in [-0.39, 0.29) is 81.9 Å². The van der Waals surface area contributed by atoms with Gasteiger partial charge in [0.05, 0.1) is 73.5 Å². The van der Waals surface area contributed by atoms with E-state index in [1.54, 1.807) is 62.4 Å². The molecule has 1 aromatic heterocycles. The van der Waals surface area contributed by atoms with Gasteiger partial charge in [-0.15, -0.1) is 0 Å². The summed E-state index contributed by atoms with van der Waals surface area (Å²) in [6.07, 6.45) is -4.91. The van der Waals surface area contributed by atoms with Crippen LogP contribution < -0.4 is 16.0 Å². The molecule has 5 N–H and O–H groups in total. The first kappa shape index (κ1) is 62.9. The van der Waals surface area contributed by atoms with E-state index in [9.17, 15) is 43.4 Å². The number of alkyl carbamates (subject to hydrolysis) is 1. The zero-order valence-electron chi connectivity index (χ0n) is 45.5. The summed E-state index contributed by atoms with van der Waals surface area (Å²) in [6.45, 7) is 7.42. The van der Waals surface area contributed by atoms with Crippen molar-refractivity contribution in [1.82, 2.24) is 15.2 Å². The van der Waals surface area contributed by atoms with Crippen LogP contribution in [-0.4, -0.2) is 121 Å². The number of carbonyl (C=O) groups is 6. The van der Waals surface area contributed by atoms with Crippen LogP contribution in [0.15, 0.2) is 132 Å². The summed E-state index contributed by atoms with van der Waals surface area (Å²) in [5, 5.41) is 29.4. The number of aliphatic hydroxyl groups is 1. The Kier molecular flexibility index (Phi) is 24.6. The molecule has 0 saturated heterocycles. The number of halogens is 2. The highest BCUT2D eigenvalue weighted by Crippen LogP contribution is 2.44. The smallest absolute Gasteiger partial charge is 0.481 e. The molecule has 0 fully saturated rings. The average Bonchev–Trinajstić information content (AvgIpc) is 4.00. The van der Waals surface area contributed by atoms with Gasteiger partial charge in [0.15, 0.2) is 0 Å². The number of amides is 2. The van der Waals surface area contributed by atoms with Crippen molar-refractivity contribution >= 4 is 74.9 Å². The molecule has 0 aliphatic carbocycles. The number of dihydropyridines is 1. The van der Waals surface area contributed by atoms with Gasteiger partial charge in [-0.05, 0) is 78.9 Å². The number of allylic oxidation sites excluding steroid dienone is 1. The molecule has 2 amide bonds. The van der Waals surface area contributed by atoms with Gasteiger partial charge in [-0.2, -0.15) is 0 Å². The van der Waals surface area contributed by atoms with Crippen molar-refractivity contribution in [3.63, 3.8) is 0 Å². The number of aliphatic carboxylic acids is 1. The Balaban J connectivity index is 1.01. The number of aliphatic hydroxyl groups excluding tert-OH is 1. The monoisotopic (exact) mass is 1170 g/mol. The van der Waals surface area contributed by atoms with Crippen molar-refractivity contribution in [1.29, 1.82) is 0 Å². The van der Waals surface area contributed by atoms with Gasteiger partial charge in [0.2, 0.25) is 0 Å². The third-order valence-corrected chi connectivity index (χ3v) is 15.2. The minimum absolute atomic E-state index is 0.0349. The first-order valence-corrected chi connectivity index (χ1v) is 29.0. The molecule has 1 aliphatic heterocycles. The summed E-state index contributed by atoms with van der Waals surface area (Å²) >= 11 is 6.58. The Morgan fingerprint density at radius 1 is 0.815 bits per heavy atom. The van der Waals surface area contributed by atoms with Crippen LogP contribution in [0.25, 0.3) is 22.4 Å². The van der Waals surface area contributed by atoms with Gasteiger partial charge in [-0.25, -0.2) is 23.6 Å².